The fourth-order valence-electron chi connectivity index (χ4n) is 2.28. The molecule has 0 spiro atoms. The number of carbonyl (C=O) groups excluding carboxylic acids is 2. The van der Waals surface area contributed by atoms with Crippen LogP contribution in [-0.4, -0.2) is 24.5 Å². The summed E-state index contributed by atoms with van der Waals surface area (Å²) in [7, 11) is 0. The zero-order chi connectivity index (χ0) is 18.2. The molecule has 2 aromatic carbocycles. The first kappa shape index (κ1) is 18.9. The van der Waals surface area contributed by atoms with E-state index in [1.165, 1.54) is 11.6 Å². The predicted octanol–water partition coefficient (Wildman–Crippen LogP) is 3.77. The summed E-state index contributed by atoms with van der Waals surface area (Å²) in [5.74, 6) is -1.85. The van der Waals surface area contributed by atoms with E-state index < -0.39 is 24.3 Å². The van der Waals surface area contributed by atoms with Crippen molar-refractivity contribution in [3.05, 3.63) is 70.5 Å². The van der Waals surface area contributed by atoms with Crippen molar-refractivity contribution in [3.63, 3.8) is 0 Å². The Bertz CT molecular complexity index is 737. The first-order chi connectivity index (χ1) is 12.0. The molecule has 1 atom stereocenters. The minimum absolute atomic E-state index is 0.0656. The zero-order valence-corrected chi connectivity index (χ0v) is 14.6. The van der Waals surface area contributed by atoms with Gasteiger partial charge in [-0.25, -0.2) is 9.18 Å². The first-order valence-corrected chi connectivity index (χ1v) is 8.29. The van der Waals surface area contributed by atoms with E-state index in [1.807, 2.05) is 37.3 Å². The van der Waals surface area contributed by atoms with E-state index in [0.29, 0.717) is 0 Å². The Balaban J connectivity index is 1.76. The molecule has 0 fully saturated rings. The maximum absolute atomic E-state index is 13.2. The number of hydrogen-bond donors (Lipinski definition) is 1. The van der Waals surface area contributed by atoms with Crippen molar-refractivity contribution in [2.45, 2.75) is 25.8 Å². The number of benzene rings is 2. The molecule has 4 nitrogen and oxygen atoms in total. The topological polar surface area (TPSA) is 55.4 Å². The maximum Gasteiger partial charge on any atom is 0.340 e. The summed E-state index contributed by atoms with van der Waals surface area (Å²) >= 11 is 5.82. The minimum atomic E-state index is -0.836. The van der Waals surface area contributed by atoms with Crippen LogP contribution in [0.15, 0.2) is 48.5 Å². The van der Waals surface area contributed by atoms with Crippen molar-refractivity contribution in [2.75, 3.05) is 6.61 Å². The van der Waals surface area contributed by atoms with Crippen LogP contribution in [0.4, 0.5) is 4.39 Å². The monoisotopic (exact) mass is 363 g/mol. The maximum atomic E-state index is 13.2. The van der Waals surface area contributed by atoms with E-state index in [9.17, 15) is 14.0 Å². The van der Waals surface area contributed by atoms with E-state index >= 15 is 0 Å². The van der Waals surface area contributed by atoms with Crippen LogP contribution in [0, 0.1) is 5.82 Å². The van der Waals surface area contributed by atoms with Crippen molar-refractivity contribution < 1.29 is 18.7 Å². The molecule has 0 aromatic heterocycles. The molecule has 0 bridgehead atoms. The molecule has 0 heterocycles. The standard InChI is InChI=1S/C19H19ClFNO3/c1-13(7-8-14-5-3-2-4-6-14)22-18(23)12-25-19(24)16-11-15(21)9-10-17(16)20/h2-6,9-11,13H,7-8,12H2,1H3,(H,22,23)/t13-/m0/s1. The lowest BCUT2D eigenvalue weighted by molar-refractivity contribution is -0.124. The highest BCUT2D eigenvalue weighted by molar-refractivity contribution is 6.33. The van der Waals surface area contributed by atoms with Crippen LogP contribution < -0.4 is 5.32 Å². The number of aryl methyl sites for hydroxylation is 1. The zero-order valence-electron chi connectivity index (χ0n) is 13.8. The highest BCUT2D eigenvalue weighted by atomic mass is 35.5. The third kappa shape index (κ3) is 6.19. The van der Waals surface area contributed by atoms with Crippen molar-refractivity contribution >= 4 is 23.5 Å². The number of rotatable bonds is 7. The summed E-state index contributed by atoms with van der Waals surface area (Å²) in [5, 5.41) is 2.83. The molecule has 0 saturated carbocycles. The average Bonchev–Trinajstić information content (AvgIpc) is 2.61. The summed E-state index contributed by atoms with van der Waals surface area (Å²) in [4.78, 5) is 23.7. The third-order valence-electron chi connectivity index (χ3n) is 3.60. The second kappa shape index (κ2) is 9.18. The van der Waals surface area contributed by atoms with Crippen LogP contribution >= 0.6 is 11.6 Å². The molecular formula is C19H19ClFNO3. The molecule has 0 saturated heterocycles. The number of ether oxygens (including phenoxy) is 1. The Hall–Kier alpha value is -2.40. The van der Waals surface area contributed by atoms with E-state index in [2.05, 4.69) is 5.32 Å². The van der Waals surface area contributed by atoms with Crippen molar-refractivity contribution in [1.82, 2.24) is 5.32 Å². The highest BCUT2D eigenvalue weighted by Crippen LogP contribution is 2.17. The van der Waals surface area contributed by atoms with Crippen LogP contribution in [-0.2, 0) is 16.0 Å². The molecule has 1 amide bonds. The normalized spacial score (nSPS) is 11.6. The molecule has 1 N–H and O–H groups in total. The molecule has 25 heavy (non-hydrogen) atoms. The van der Waals surface area contributed by atoms with Crippen LogP contribution in [0.3, 0.4) is 0 Å². The quantitative estimate of drug-likeness (QED) is 0.762. The molecule has 0 aliphatic rings. The van der Waals surface area contributed by atoms with Crippen LogP contribution in [0.25, 0.3) is 0 Å². The largest absolute Gasteiger partial charge is 0.452 e. The van der Waals surface area contributed by atoms with E-state index in [1.54, 1.807) is 0 Å². The third-order valence-corrected chi connectivity index (χ3v) is 3.93. The molecule has 2 rings (SSSR count). The van der Waals surface area contributed by atoms with Crippen molar-refractivity contribution in [3.8, 4) is 0 Å². The van der Waals surface area contributed by atoms with Gasteiger partial charge in [-0.05, 0) is 43.5 Å². The van der Waals surface area contributed by atoms with Gasteiger partial charge in [0.15, 0.2) is 6.61 Å². The molecule has 6 heteroatoms. The van der Waals surface area contributed by atoms with Gasteiger partial charge in [-0.2, -0.15) is 0 Å². The molecule has 0 radical (unpaired) electrons. The van der Waals surface area contributed by atoms with Gasteiger partial charge in [0.2, 0.25) is 0 Å². The van der Waals surface area contributed by atoms with Gasteiger partial charge >= 0.3 is 5.97 Å². The lowest BCUT2D eigenvalue weighted by Gasteiger charge is -2.14. The average molecular weight is 364 g/mol. The van der Waals surface area contributed by atoms with Gasteiger partial charge in [0.25, 0.3) is 5.91 Å². The lowest BCUT2D eigenvalue weighted by atomic mass is 10.1. The lowest BCUT2D eigenvalue weighted by Crippen LogP contribution is -2.36. The Labute approximate surface area is 150 Å². The molecule has 0 aliphatic carbocycles. The summed E-state index contributed by atoms with van der Waals surface area (Å²) in [6.45, 7) is 1.44. The predicted molar refractivity (Wildman–Crippen MR) is 94.1 cm³/mol. The SMILES string of the molecule is C[C@@H](CCc1ccccc1)NC(=O)COC(=O)c1cc(F)ccc1Cl. The Morgan fingerprint density at radius 2 is 1.92 bits per heavy atom. The number of esters is 1. The number of halogens is 2. The summed E-state index contributed by atoms with van der Waals surface area (Å²) < 4.78 is 18.0. The number of hydrogen-bond acceptors (Lipinski definition) is 3. The van der Waals surface area contributed by atoms with Gasteiger partial charge in [0.05, 0.1) is 10.6 Å². The van der Waals surface area contributed by atoms with Gasteiger partial charge in [-0.15, -0.1) is 0 Å². The van der Waals surface area contributed by atoms with Crippen LogP contribution in [0.1, 0.15) is 29.3 Å². The Morgan fingerprint density at radius 3 is 2.64 bits per heavy atom. The first-order valence-electron chi connectivity index (χ1n) is 7.91. The molecule has 2 aromatic rings. The van der Waals surface area contributed by atoms with Gasteiger partial charge in [-0.3, -0.25) is 4.79 Å². The van der Waals surface area contributed by atoms with E-state index in [0.717, 1.165) is 25.0 Å². The van der Waals surface area contributed by atoms with Crippen molar-refractivity contribution in [1.29, 1.82) is 0 Å². The highest BCUT2D eigenvalue weighted by Gasteiger charge is 2.15. The second-order valence-corrected chi connectivity index (χ2v) is 6.10. The van der Waals surface area contributed by atoms with Gasteiger partial charge in [0.1, 0.15) is 5.82 Å². The fraction of sp³-hybridized carbons (Fsp3) is 0.263. The Morgan fingerprint density at radius 1 is 1.20 bits per heavy atom. The smallest absolute Gasteiger partial charge is 0.340 e. The van der Waals surface area contributed by atoms with Gasteiger partial charge in [-0.1, -0.05) is 41.9 Å². The van der Waals surface area contributed by atoms with Gasteiger partial charge < -0.3 is 10.1 Å². The van der Waals surface area contributed by atoms with Crippen LogP contribution in [0.2, 0.25) is 5.02 Å². The molecule has 0 aliphatic heterocycles. The Kier molecular flexibility index (Phi) is 6.95. The fourth-order valence-corrected chi connectivity index (χ4v) is 2.47. The molecule has 0 unspecified atom stereocenters. The molecular weight excluding hydrogens is 345 g/mol. The van der Waals surface area contributed by atoms with Gasteiger partial charge in [0, 0.05) is 6.04 Å². The minimum Gasteiger partial charge on any atom is -0.452 e. The second-order valence-electron chi connectivity index (χ2n) is 5.69. The van der Waals surface area contributed by atoms with Crippen molar-refractivity contribution in [2.24, 2.45) is 0 Å². The summed E-state index contributed by atoms with van der Waals surface area (Å²) in [5.41, 5.74) is 1.09. The van der Waals surface area contributed by atoms with Crippen LogP contribution in [0.5, 0.6) is 0 Å². The number of carbonyl (C=O) groups is 2. The number of nitrogens with one attached hydrogen (secondary N) is 1. The summed E-state index contributed by atoms with van der Waals surface area (Å²) in [6.07, 6.45) is 1.60. The molecule has 132 valence electrons. The number of amides is 1. The van der Waals surface area contributed by atoms with E-state index in [-0.39, 0.29) is 16.6 Å². The summed E-state index contributed by atoms with van der Waals surface area (Å²) in [6, 6.07) is 13.3. The van der Waals surface area contributed by atoms with E-state index in [4.69, 9.17) is 16.3 Å².